The summed E-state index contributed by atoms with van der Waals surface area (Å²) in [5.74, 6) is -1.73. The first-order valence-electron chi connectivity index (χ1n) is 8.94. The van der Waals surface area contributed by atoms with Gasteiger partial charge in [0.2, 0.25) is 5.91 Å². The van der Waals surface area contributed by atoms with Gasteiger partial charge in [-0.15, -0.1) is 0 Å². The zero-order valence-electron chi connectivity index (χ0n) is 15.7. The molecule has 0 radical (unpaired) electrons. The van der Waals surface area contributed by atoms with Crippen LogP contribution in [0.3, 0.4) is 0 Å². The maximum absolute atomic E-state index is 12.3. The van der Waals surface area contributed by atoms with Crippen molar-refractivity contribution < 1.29 is 19.1 Å². The molecule has 1 heterocycles. The highest BCUT2D eigenvalue weighted by molar-refractivity contribution is 6.31. The van der Waals surface area contributed by atoms with E-state index in [0.717, 1.165) is 16.8 Å². The fraction of sp³-hybridized carbons (Fsp3) is 0.286. The molecule has 2 amide bonds. The Hall–Kier alpha value is -2.86. The normalized spacial score (nSPS) is 16.2. The van der Waals surface area contributed by atoms with E-state index in [1.54, 1.807) is 30.0 Å². The highest BCUT2D eigenvalue weighted by atomic mass is 35.5. The Morgan fingerprint density at radius 3 is 2.68 bits per heavy atom. The summed E-state index contributed by atoms with van der Waals surface area (Å²) < 4.78 is 5.13. The molecule has 0 saturated carbocycles. The summed E-state index contributed by atoms with van der Waals surface area (Å²) in [6, 6.07) is 12.7. The topological polar surface area (TPSA) is 75.7 Å². The monoisotopic (exact) mass is 400 g/mol. The van der Waals surface area contributed by atoms with Gasteiger partial charge in [-0.05, 0) is 43.2 Å². The number of para-hydroxylation sites is 1. The predicted molar refractivity (Wildman–Crippen MR) is 107 cm³/mol. The maximum Gasteiger partial charge on any atom is 0.311 e. The summed E-state index contributed by atoms with van der Waals surface area (Å²) in [4.78, 5) is 38.3. The summed E-state index contributed by atoms with van der Waals surface area (Å²) in [6.45, 7) is 3.53. The molecule has 6 nitrogen and oxygen atoms in total. The van der Waals surface area contributed by atoms with Crippen molar-refractivity contribution in [2.75, 3.05) is 23.4 Å². The lowest BCUT2D eigenvalue weighted by Gasteiger charge is -2.18. The average Bonchev–Trinajstić information content (AvgIpc) is 3.05. The molecule has 1 aliphatic rings. The Morgan fingerprint density at radius 1 is 1.18 bits per heavy atom. The average molecular weight is 401 g/mol. The minimum absolute atomic E-state index is 0.0716. The fourth-order valence-electron chi connectivity index (χ4n) is 3.15. The van der Waals surface area contributed by atoms with Gasteiger partial charge in [0.15, 0.2) is 6.61 Å². The number of nitrogens with one attached hydrogen (secondary N) is 1. The van der Waals surface area contributed by atoms with Crippen molar-refractivity contribution in [2.45, 2.75) is 20.3 Å². The van der Waals surface area contributed by atoms with Crippen molar-refractivity contribution in [1.82, 2.24) is 0 Å². The third kappa shape index (κ3) is 4.34. The van der Waals surface area contributed by atoms with Gasteiger partial charge in [-0.3, -0.25) is 14.4 Å². The summed E-state index contributed by atoms with van der Waals surface area (Å²) in [7, 11) is 0. The van der Waals surface area contributed by atoms with Crippen LogP contribution in [0.2, 0.25) is 5.02 Å². The second kappa shape index (κ2) is 8.44. The smallest absolute Gasteiger partial charge is 0.311 e. The molecule has 1 saturated heterocycles. The van der Waals surface area contributed by atoms with Crippen molar-refractivity contribution in [3.63, 3.8) is 0 Å². The molecule has 2 aromatic rings. The molecule has 28 heavy (non-hydrogen) atoms. The van der Waals surface area contributed by atoms with Crippen LogP contribution in [-0.4, -0.2) is 30.9 Å². The van der Waals surface area contributed by atoms with E-state index < -0.39 is 24.4 Å². The van der Waals surface area contributed by atoms with Crippen LogP contribution in [0.15, 0.2) is 42.5 Å². The fourth-order valence-corrected chi connectivity index (χ4v) is 3.32. The molecule has 146 valence electrons. The van der Waals surface area contributed by atoms with E-state index in [1.807, 2.05) is 31.2 Å². The van der Waals surface area contributed by atoms with E-state index in [9.17, 15) is 14.4 Å². The van der Waals surface area contributed by atoms with Crippen LogP contribution in [0.4, 0.5) is 11.4 Å². The van der Waals surface area contributed by atoms with E-state index in [2.05, 4.69) is 5.32 Å². The van der Waals surface area contributed by atoms with Gasteiger partial charge in [-0.2, -0.15) is 0 Å². The Balaban J connectivity index is 1.55. The van der Waals surface area contributed by atoms with E-state index in [1.165, 1.54) is 0 Å². The summed E-state index contributed by atoms with van der Waals surface area (Å²) >= 11 is 6.03. The summed E-state index contributed by atoms with van der Waals surface area (Å²) in [6.07, 6.45) is 0.0716. The molecule has 1 fully saturated rings. The SMILES string of the molecule is Cc1ccccc1N1C[C@@H](C(=O)OCC(=O)Nc2cccc(Cl)c2C)CC1=O. The second-order valence-corrected chi connectivity index (χ2v) is 7.17. The number of benzene rings is 2. The van der Waals surface area contributed by atoms with Crippen LogP contribution in [0, 0.1) is 19.8 Å². The van der Waals surface area contributed by atoms with Gasteiger partial charge < -0.3 is 15.0 Å². The number of nitrogens with zero attached hydrogens (tertiary/aromatic N) is 1. The standard InChI is InChI=1S/C21H21ClN2O4/c1-13-6-3-4-9-18(13)24-11-15(10-20(24)26)21(27)28-12-19(25)23-17-8-5-7-16(22)14(17)2/h3-9,15H,10-12H2,1-2H3,(H,23,25)/t15-/m0/s1. The number of hydrogen-bond donors (Lipinski definition) is 1. The van der Waals surface area contributed by atoms with E-state index in [-0.39, 0.29) is 18.9 Å². The number of esters is 1. The lowest BCUT2D eigenvalue weighted by molar-refractivity contribution is -0.151. The number of halogens is 1. The number of carbonyl (C=O) groups excluding carboxylic acids is 3. The third-order valence-electron chi connectivity index (χ3n) is 4.75. The van der Waals surface area contributed by atoms with Crippen molar-refractivity contribution >= 4 is 40.8 Å². The molecule has 0 spiro atoms. The molecule has 0 aromatic heterocycles. The predicted octanol–water partition coefficient (Wildman–Crippen LogP) is 3.49. The minimum atomic E-state index is -0.590. The first-order chi connectivity index (χ1) is 13.4. The number of carbonyl (C=O) groups is 3. The number of hydrogen-bond acceptors (Lipinski definition) is 4. The Bertz CT molecular complexity index is 928. The Kier molecular flexibility index (Phi) is 5.99. The number of amides is 2. The van der Waals surface area contributed by atoms with Gasteiger partial charge in [-0.1, -0.05) is 35.9 Å². The largest absolute Gasteiger partial charge is 0.455 e. The van der Waals surface area contributed by atoms with Gasteiger partial charge >= 0.3 is 5.97 Å². The van der Waals surface area contributed by atoms with Crippen molar-refractivity contribution in [1.29, 1.82) is 0 Å². The van der Waals surface area contributed by atoms with Crippen LogP contribution in [-0.2, 0) is 19.1 Å². The number of anilines is 2. The molecule has 1 N–H and O–H groups in total. The van der Waals surface area contributed by atoms with Crippen LogP contribution >= 0.6 is 11.6 Å². The van der Waals surface area contributed by atoms with Crippen LogP contribution in [0.25, 0.3) is 0 Å². The molecule has 1 atom stereocenters. The minimum Gasteiger partial charge on any atom is -0.455 e. The highest BCUT2D eigenvalue weighted by Crippen LogP contribution is 2.28. The molecule has 3 rings (SSSR count). The van der Waals surface area contributed by atoms with Crippen LogP contribution in [0.1, 0.15) is 17.5 Å². The van der Waals surface area contributed by atoms with E-state index in [4.69, 9.17) is 16.3 Å². The quantitative estimate of drug-likeness (QED) is 0.779. The highest BCUT2D eigenvalue weighted by Gasteiger charge is 2.36. The Labute approximate surface area is 168 Å². The zero-order chi connectivity index (χ0) is 20.3. The zero-order valence-corrected chi connectivity index (χ0v) is 16.5. The molecule has 2 aromatic carbocycles. The van der Waals surface area contributed by atoms with Crippen molar-refractivity contribution in [3.8, 4) is 0 Å². The van der Waals surface area contributed by atoms with Gasteiger partial charge in [0, 0.05) is 29.4 Å². The first-order valence-corrected chi connectivity index (χ1v) is 9.32. The number of rotatable bonds is 5. The number of aryl methyl sites for hydroxylation is 1. The Morgan fingerprint density at radius 2 is 1.93 bits per heavy atom. The molecule has 7 heteroatoms. The summed E-state index contributed by atoms with van der Waals surface area (Å²) in [5, 5.41) is 3.21. The lowest BCUT2D eigenvalue weighted by Crippen LogP contribution is -2.28. The molecular weight excluding hydrogens is 380 g/mol. The lowest BCUT2D eigenvalue weighted by atomic mass is 10.1. The van der Waals surface area contributed by atoms with Gasteiger partial charge in [0.1, 0.15) is 0 Å². The van der Waals surface area contributed by atoms with Gasteiger partial charge in [0.05, 0.1) is 5.92 Å². The molecule has 0 unspecified atom stereocenters. The molecular formula is C21H21ClN2O4. The van der Waals surface area contributed by atoms with Gasteiger partial charge in [0.25, 0.3) is 5.91 Å². The van der Waals surface area contributed by atoms with E-state index in [0.29, 0.717) is 10.7 Å². The van der Waals surface area contributed by atoms with Gasteiger partial charge in [-0.25, -0.2) is 0 Å². The van der Waals surface area contributed by atoms with Crippen LogP contribution in [0.5, 0.6) is 0 Å². The molecule has 0 aliphatic carbocycles. The van der Waals surface area contributed by atoms with E-state index >= 15 is 0 Å². The third-order valence-corrected chi connectivity index (χ3v) is 5.16. The van der Waals surface area contributed by atoms with Crippen molar-refractivity contribution in [2.24, 2.45) is 5.92 Å². The molecule has 1 aliphatic heterocycles. The summed E-state index contributed by atoms with van der Waals surface area (Å²) in [5.41, 5.74) is 3.05. The second-order valence-electron chi connectivity index (χ2n) is 6.76. The molecule has 0 bridgehead atoms. The number of ether oxygens (including phenoxy) is 1. The maximum atomic E-state index is 12.3. The van der Waals surface area contributed by atoms with Crippen molar-refractivity contribution in [3.05, 3.63) is 58.6 Å². The first kappa shape index (κ1) is 19.9. The van der Waals surface area contributed by atoms with Crippen LogP contribution < -0.4 is 10.2 Å².